The molecular weight excluding hydrogens is 721 g/mol. The largest absolute Gasteiger partial charge is 0.509 e. The first-order valence-corrected chi connectivity index (χ1v) is 21.6. The zero-order valence-electron chi connectivity index (χ0n) is 34.2. The lowest BCUT2D eigenvalue weighted by Crippen LogP contribution is -2.55. The Morgan fingerprint density at radius 3 is 2.56 bits per heavy atom. The lowest BCUT2D eigenvalue weighted by molar-refractivity contribution is -0.156. The van der Waals surface area contributed by atoms with Gasteiger partial charge in [-0.05, 0) is 113 Å². The van der Waals surface area contributed by atoms with E-state index in [2.05, 4.69) is 13.0 Å². The number of benzene rings is 1. The second kappa shape index (κ2) is 18.5. The molecule has 1 aromatic rings. The van der Waals surface area contributed by atoms with Gasteiger partial charge in [0, 0.05) is 42.4 Å². The lowest BCUT2D eigenvalue weighted by atomic mass is 9.50. The van der Waals surface area contributed by atoms with E-state index in [0.29, 0.717) is 57.8 Å². The molecule has 0 aliphatic heterocycles. The van der Waals surface area contributed by atoms with Crippen LogP contribution in [0.4, 0.5) is 4.79 Å². The van der Waals surface area contributed by atoms with Crippen LogP contribution in [0.25, 0.3) is 0 Å². The number of aliphatic hydroxyl groups is 3. The SMILES string of the molecule is CCCC(=O)CCC/C=C\C[C@@H]1[C@@H](/C=C/[C@H](CCc2ccccc2)OC(=O)OCC(=O)[C@@]2(O)CC[C@H]3[C@@H]4CCC5=CC(=O)CC[C@]5(C)C4=CC[C@@]32C)[C@H](O)C[C@@H]1O. The standard InChI is InChI=1S/C48H64O9/c1-4-12-34(49)15-10-5-6-11-16-37-38(43(52)30-42(37)51)22-20-36(19-17-32-13-8-7-9-14-32)57-45(54)56-31-44(53)48(55)28-25-41-39-21-18-33-29-35(50)23-26-46(33,2)40(39)24-27-47(41,48)3/h6-9,11,13-14,20,22,24,29,36-39,41-43,51-52,55H,4-5,10,12,15-19,21,23,25-28,30-31H2,1-3H3/b11-6-,22-20+/t36-,37+,38+,39+,41-,42-,43+,46-,47-,48-/m0/s1. The summed E-state index contributed by atoms with van der Waals surface area (Å²) in [5, 5.41) is 33.9. The van der Waals surface area contributed by atoms with E-state index in [-0.39, 0.29) is 47.1 Å². The zero-order valence-corrected chi connectivity index (χ0v) is 34.2. The molecular formula is C48H64O9. The highest BCUT2D eigenvalue weighted by molar-refractivity contribution is 5.92. The Labute approximate surface area is 338 Å². The summed E-state index contributed by atoms with van der Waals surface area (Å²) >= 11 is 0. The van der Waals surface area contributed by atoms with Crippen molar-refractivity contribution in [1.29, 1.82) is 0 Å². The summed E-state index contributed by atoms with van der Waals surface area (Å²) in [6, 6.07) is 9.82. The molecule has 9 heteroatoms. The number of aryl methyl sites for hydroxylation is 1. The highest BCUT2D eigenvalue weighted by Gasteiger charge is 2.64. The second-order valence-electron chi connectivity index (χ2n) is 17.9. The molecule has 6 rings (SSSR count). The predicted octanol–water partition coefficient (Wildman–Crippen LogP) is 8.29. The number of ether oxygens (including phenoxy) is 2. The summed E-state index contributed by atoms with van der Waals surface area (Å²) in [7, 11) is 0. The fraction of sp³-hybridized carbons (Fsp3) is 0.625. The Bertz CT molecular complexity index is 1740. The molecule has 10 atom stereocenters. The van der Waals surface area contributed by atoms with Gasteiger partial charge in [-0.3, -0.25) is 14.4 Å². The van der Waals surface area contributed by atoms with Crippen molar-refractivity contribution in [3.05, 3.63) is 83.5 Å². The summed E-state index contributed by atoms with van der Waals surface area (Å²) in [5.74, 6) is -0.289. The van der Waals surface area contributed by atoms with Gasteiger partial charge in [0.25, 0.3) is 0 Å². The van der Waals surface area contributed by atoms with Crippen LogP contribution in [0.5, 0.6) is 0 Å². The maximum absolute atomic E-state index is 13.9. The third kappa shape index (κ3) is 9.31. The number of aliphatic hydroxyl groups excluding tert-OH is 2. The number of hydrogen-bond acceptors (Lipinski definition) is 9. The summed E-state index contributed by atoms with van der Waals surface area (Å²) in [4.78, 5) is 51.2. The summed E-state index contributed by atoms with van der Waals surface area (Å²) < 4.78 is 11.3. The first-order chi connectivity index (χ1) is 27.3. The van der Waals surface area contributed by atoms with E-state index in [4.69, 9.17) is 9.47 Å². The molecule has 0 amide bonds. The van der Waals surface area contributed by atoms with Gasteiger partial charge in [0.2, 0.25) is 5.78 Å². The highest BCUT2D eigenvalue weighted by atomic mass is 16.7. The molecule has 3 N–H and O–H groups in total. The molecule has 0 aromatic heterocycles. The lowest BCUT2D eigenvalue weighted by Gasteiger charge is -2.54. The Balaban J connectivity index is 1.08. The second-order valence-corrected chi connectivity index (χ2v) is 17.9. The van der Waals surface area contributed by atoms with Crippen molar-refractivity contribution in [3.8, 4) is 0 Å². The number of ketones is 3. The number of Topliss-reactive ketones (excluding diaryl/α,β-unsaturated/α-hetero) is 2. The van der Waals surface area contributed by atoms with Gasteiger partial charge in [0.15, 0.2) is 12.4 Å². The Morgan fingerprint density at radius 1 is 1.00 bits per heavy atom. The van der Waals surface area contributed by atoms with E-state index < -0.39 is 47.9 Å². The molecule has 9 nitrogen and oxygen atoms in total. The molecule has 0 unspecified atom stereocenters. The molecule has 0 bridgehead atoms. The van der Waals surface area contributed by atoms with Crippen LogP contribution in [0, 0.1) is 34.5 Å². The van der Waals surface area contributed by atoms with Gasteiger partial charge in [-0.1, -0.05) is 86.6 Å². The maximum Gasteiger partial charge on any atom is 0.509 e. The van der Waals surface area contributed by atoms with Gasteiger partial charge in [-0.2, -0.15) is 0 Å². The van der Waals surface area contributed by atoms with Crippen LogP contribution in [0.2, 0.25) is 0 Å². The molecule has 5 aliphatic rings. The van der Waals surface area contributed by atoms with Gasteiger partial charge in [-0.25, -0.2) is 4.79 Å². The average molecular weight is 785 g/mol. The Hall–Kier alpha value is -3.66. The van der Waals surface area contributed by atoms with E-state index in [0.717, 1.165) is 44.1 Å². The molecule has 310 valence electrons. The molecule has 0 heterocycles. The minimum atomic E-state index is -1.65. The highest BCUT2D eigenvalue weighted by Crippen LogP contribution is 2.65. The summed E-state index contributed by atoms with van der Waals surface area (Å²) in [5.41, 5.74) is 1.13. The smallest absolute Gasteiger partial charge is 0.427 e. The molecule has 3 saturated carbocycles. The van der Waals surface area contributed by atoms with Gasteiger partial charge in [-0.15, -0.1) is 0 Å². The van der Waals surface area contributed by atoms with E-state index >= 15 is 0 Å². The van der Waals surface area contributed by atoms with Crippen molar-refractivity contribution in [2.24, 2.45) is 34.5 Å². The van der Waals surface area contributed by atoms with Crippen LogP contribution in [-0.4, -0.2) is 69.3 Å². The first kappa shape index (κ1) is 42.9. The normalized spacial score (nSPS) is 34.0. The summed E-state index contributed by atoms with van der Waals surface area (Å²) in [6.07, 6.45) is 18.6. The van der Waals surface area contributed by atoms with Gasteiger partial charge in [0.05, 0.1) is 12.2 Å². The third-order valence-electron chi connectivity index (χ3n) is 14.5. The number of unbranched alkanes of at least 4 members (excludes halogenated alkanes) is 1. The molecule has 5 aliphatic carbocycles. The quantitative estimate of drug-likeness (QED) is 0.0807. The number of carbonyl (C=O) groups is 4. The fourth-order valence-corrected chi connectivity index (χ4v) is 11.0. The summed E-state index contributed by atoms with van der Waals surface area (Å²) in [6.45, 7) is 5.65. The fourth-order valence-electron chi connectivity index (χ4n) is 11.0. The molecule has 0 saturated heterocycles. The van der Waals surface area contributed by atoms with Crippen molar-refractivity contribution < 1.29 is 44.0 Å². The van der Waals surface area contributed by atoms with E-state index in [9.17, 15) is 34.5 Å². The van der Waals surface area contributed by atoms with E-state index in [1.165, 1.54) is 11.1 Å². The maximum atomic E-state index is 13.9. The van der Waals surface area contributed by atoms with Gasteiger partial charge in [0.1, 0.15) is 17.5 Å². The van der Waals surface area contributed by atoms with E-state index in [1.807, 2.05) is 68.5 Å². The number of carbonyl (C=O) groups excluding carboxylic acids is 4. The Morgan fingerprint density at radius 2 is 1.79 bits per heavy atom. The van der Waals surface area contributed by atoms with Gasteiger partial charge >= 0.3 is 6.16 Å². The van der Waals surface area contributed by atoms with Crippen LogP contribution >= 0.6 is 0 Å². The monoisotopic (exact) mass is 784 g/mol. The number of fused-ring (bicyclic) bond motifs is 5. The molecule has 1 aromatic carbocycles. The Kier molecular flexibility index (Phi) is 13.9. The van der Waals surface area contributed by atoms with Crippen LogP contribution < -0.4 is 0 Å². The molecule has 3 fully saturated rings. The van der Waals surface area contributed by atoms with Crippen LogP contribution in [0.15, 0.2) is 77.9 Å². The van der Waals surface area contributed by atoms with Crippen molar-refractivity contribution in [3.63, 3.8) is 0 Å². The van der Waals surface area contributed by atoms with Crippen LogP contribution in [0.3, 0.4) is 0 Å². The van der Waals surface area contributed by atoms with E-state index in [1.54, 1.807) is 6.08 Å². The van der Waals surface area contributed by atoms with Crippen LogP contribution in [-0.2, 0) is 30.3 Å². The predicted molar refractivity (Wildman–Crippen MR) is 218 cm³/mol. The first-order valence-electron chi connectivity index (χ1n) is 21.6. The van der Waals surface area contributed by atoms with Gasteiger partial charge < -0.3 is 24.8 Å². The van der Waals surface area contributed by atoms with Crippen molar-refractivity contribution in [1.82, 2.24) is 0 Å². The molecule has 0 spiro atoms. The van der Waals surface area contributed by atoms with Crippen molar-refractivity contribution in [2.45, 2.75) is 147 Å². The van der Waals surface area contributed by atoms with Crippen molar-refractivity contribution in [2.75, 3.05) is 6.61 Å². The molecule has 57 heavy (non-hydrogen) atoms. The number of allylic oxidation sites excluding steroid dienone is 6. The number of rotatable bonds is 17. The minimum Gasteiger partial charge on any atom is -0.427 e. The number of hydrogen-bond donors (Lipinski definition) is 3. The van der Waals surface area contributed by atoms with Crippen LogP contribution in [0.1, 0.15) is 123 Å². The minimum absolute atomic E-state index is 0.104. The zero-order chi connectivity index (χ0) is 40.8. The average Bonchev–Trinajstić information content (AvgIpc) is 3.63. The molecule has 0 radical (unpaired) electrons. The topological polar surface area (TPSA) is 147 Å². The van der Waals surface area contributed by atoms with Crippen molar-refractivity contribution >= 4 is 23.5 Å². The third-order valence-corrected chi connectivity index (χ3v) is 14.5.